The summed E-state index contributed by atoms with van der Waals surface area (Å²) in [5, 5.41) is 14.3. The Bertz CT molecular complexity index is 1260. The molecule has 0 spiro atoms. The normalized spacial score (nSPS) is 12.0. The number of amides is 2. The molecule has 12 heteroatoms. The summed E-state index contributed by atoms with van der Waals surface area (Å²) in [5.41, 5.74) is 6.29. The predicted octanol–water partition coefficient (Wildman–Crippen LogP) is 3.97. The summed E-state index contributed by atoms with van der Waals surface area (Å²) >= 11 is 0. The van der Waals surface area contributed by atoms with Gasteiger partial charge in [0.05, 0.1) is 19.3 Å². The average Bonchev–Trinajstić information content (AvgIpc) is 3.52. The van der Waals surface area contributed by atoms with E-state index in [0.717, 1.165) is 22.4 Å². The molecule has 0 saturated heterocycles. The van der Waals surface area contributed by atoms with E-state index in [0.29, 0.717) is 32.2 Å². The number of hydrazine groups is 1. The number of hydrogen-bond donors (Lipinski definition) is 2. The Balaban J connectivity index is 0.00000280. The Morgan fingerprint density at radius 3 is 2.22 bits per heavy atom. The van der Waals surface area contributed by atoms with Crippen LogP contribution >= 0.6 is 37.2 Å². The summed E-state index contributed by atoms with van der Waals surface area (Å²) in [4.78, 5) is 28.4. The third kappa shape index (κ3) is 9.61. The quantitative estimate of drug-likeness (QED) is 0.314. The Morgan fingerprint density at radius 1 is 0.976 bits per heavy atom. The Kier molecular flexibility index (Phi) is 14.6. The molecule has 0 atom stereocenters. The van der Waals surface area contributed by atoms with Gasteiger partial charge in [-0.05, 0) is 35.2 Å². The number of rotatable bonds is 11. The van der Waals surface area contributed by atoms with Gasteiger partial charge in [-0.2, -0.15) is 5.10 Å². The summed E-state index contributed by atoms with van der Waals surface area (Å²) in [6, 6.07) is 14.7. The summed E-state index contributed by atoms with van der Waals surface area (Å²) < 4.78 is 1.76. The molecule has 0 unspecified atom stereocenters. The van der Waals surface area contributed by atoms with Crippen LogP contribution in [0.3, 0.4) is 0 Å². The van der Waals surface area contributed by atoms with Crippen LogP contribution in [0.1, 0.15) is 30.5 Å². The summed E-state index contributed by atoms with van der Waals surface area (Å²) in [6.07, 6.45) is 3.77. The average molecular weight is 627 g/mol. The SMILES string of the molecule is Cc1ccc(-c2cnn(C)c2)cc1N(CC(=O)NCCNC(C)C)CC(=O)N(C)N1Cc2ccccc2C1.Cl.Cl.Cl. The van der Waals surface area contributed by atoms with Crippen LogP contribution in [0.5, 0.6) is 0 Å². The van der Waals surface area contributed by atoms with E-state index < -0.39 is 0 Å². The van der Waals surface area contributed by atoms with Gasteiger partial charge in [-0.1, -0.05) is 50.2 Å². The zero-order valence-electron chi connectivity index (χ0n) is 24.3. The van der Waals surface area contributed by atoms with Gasteiger partial charge in [0.25, 0.3) is 5.91 Å². The van der Waals surface area contributed by atoms with Gasteiger partial charge in [-0.3, -0.25) is 19.3 Å². The van der Waals surface area contributed by atoms with E-state index in [1.807, 2.05) is 73.7 Å². The molecule has 2 aromatic carbocycles. The van der Waals surface area contributed by atoms with Crippen molar-refractivity contribution in [3.05, 3.63) is 71.5 Å². The molecule has 0 bridgehead atoms. The lowest BCUT2D eigenvalue weighted by Gasteiger charge is -2.32. The predicted molar refractivity (Wildman–Crippen MR) is 172 cm³/mol. The molecule has 2 N–H and O–H groups in total. The minimum absolute atomic E-state index is 0. The molecule has 3 aromatic rings. The second-order valence-corrected chi connectivity index (χ2v) is 10.2. The summed E-state index contributed by atoms with van der Waals surface area (Å²) in [6.45, 7) is 8.91. The molecule has 2 heterocycles. The monoisotopic (exact) mass is 625 g/mol. The van der Waals surface area contributed by atoms with Crippen molar-refractivity contribution in [3.8, 4) is 11.1 Å². The number of carbonyl (C=O) groups excluding carboxylic acids is 2. The third-order valence-corrected chi connectivity index (χ3v) is 6.86. The molecule has 1 aliphatic rings. The smallest absolute Gasteiger partial charge is 0.256 e. The van der Waals surface area contributed by atoms with Crippen LogP contribution in [-0.4, -0.2) is 70.9 Å². The highest BCUT2D eigenvalue weighted by atomic mass is 35.5. The van der Waals surface area contributed by atoms with Crippen LogP contribution in [0, 0.1) is 6.92 Å². The lowest BCUT2D eigenvalue weighted by atomic mass is 10.0. The van der Waals surface area contributed by atoms with Crippen molar-refractivity contribution in [1.82, 2.24) is 30.4 Å². The maximum Gasteiger partial charge on any atom is 0.256 e. The fourth-order valence-electron chi connectivity index (χ4n) is 4.67. The Morgan fingerprint density at radius 2 is 1.63 bits per heavy atom. The van der Waals surface area contributed by atoms with Crippen molar-refractivity contribution in [2.75, 3.05) is 38.1 Å². The first-order chi connectivity index (χ1) is 18.2. The van der Waals surface area contributed by atoms with Crippen LogP contribution in [0.25, 0.3) is 11.1 Å². The molecule has 0 radical (unpaired) electrons. The van der Waals surface area contributed by atoms with E-state index in [2.05, 4.69) is 41.7 Å². The topological polar surface area (TPSA) is 85.7 Å². The lowest BCUT2D eigenvalue weighted by Crippen LogP contribution is -2.48. The van der Waals surface area contributed by atoms with Gasteiger partial charge >= 0.3 is 0 Å². The largest absolute Gasteiger partial charge is 0.353 e. The Labute approximate surface area is 261 Å². The van der Waals surface area contributed by atoms with Crippen molar-refractivity contribution < 1.29 is 9.59 Å². The van der Waals surface area contributed by atoms with Gasteiger partial charge in [0.2, 0.25) is 5.91 Å². The van der Waals surface area contributed by atoms with E-state index in [-0.39, 0.29) is 62.1 Å². The van der Waals surface area contributed by atoms with Gasteiger partial charge in [0.15, 0.2) is 0 Å². The number of nitrogens with zero attached hydrogens (tertiary/aromatic N) is 5. The number of aryl methyl sites for hydroxylation is 2. The third-order valence-electron chi connectivity index (χ3n) is 6.86. The number of hydrogen-bond acceptors (Lipinski definition) is 6. The first-order valence-corrected chi connectivity index (χ1v) is 13.1. The minimum Gasteiger partial charge on any atom is -0.353 e. The first-order valence-electron chi connectivity index (χ1n) is 13.1. The first kappa shape index (κ1) is 36.2. The molecule has 0 fully saturated rings. The van der Waals surface area contributed by atoms with Gasteiger partial charge in [-0.25, -0.2) is 5.01 Å². The van der Waals surface area contributed by atoms with E-state index in [9.17, 15) is 9.59 Å². The van der Waals surface area contributed by atoms with Crippen LogP contribution in [0.4, 0.5) is 5.69 Å². The standard InChI is InChI=1S/C29H39N7O2.3ClH/c1-21(2)30-12-13-31-28(37)19-35(27-14-23(11-10-22(27)3)26-15-32-33(4)16-26)20-29(38)34(5)36-17-24-8-6-7-9-25(24)18-36;;;/h6-11,14-16,21,30H,12-13,17-20H2,1-5H3,(H,31,37);3*1H. The van der Waals surface area contributed by atoms with Crippen LogP contribution < -0.4 is 15.5 Å². The Hall–Kier alpha value is -2.82. The zero-order chi connectivity index (χ0) is 27.2. The number of nitrogens with one attached hydrogen (secondary N) is 2. The highest BCUT2D eigenvalue weighted by Gasteiger charge is 2.27. The molecule has 1 aliphatic heterocycles. The van der Waals surface area contributed by atoms with Crippen molar-refractivity contribution in [3.63, 3.8) is 0 Å². The van der Waals surface area contributed by atoms with E-state index >= 15 is 0 Å². The second-order valence-electron chi connectivity index (χ2n) is 10.2. The van der Waals surface area contributed by atoms with Crippen molar-refractivity contribution in [2.24, 2.45) is 7.05 Å². The molecule has 41 heavy (non-hydrogen) atoms. The number of halogens is 3. The van der Waals surface area contributed by atoms with Gasteiger partial charge in [-0.15, -0.1) is 37.2 Å². The fourth-order valence-corrected chi connectivity index (χ4v) is 4.67. The van der Waals surface area contributed by atoms with Crippen molar-refractivity contribution >= 4 is 54.7 Å². The van der Waals surface area contributed by atoms with Crippen molar-refractivity contribution in [1.29, 1.82) is 0 Å². The molecular formula is C29H42Cl3N7O2. The van der Waals surface area contributed by atoms with Crippen LogP contribution in [-0.2, 0) is 29.7 Å². The maximum absolute atomic E-state index is 13.5. The highest BCUT2D eigenvalue weighted by Crippen LogP contribution is 2.28. The van der Waals surface area contributed by atoms with E-state index in [1.165, 1.54) is 11.1 Å². The molecule has 2 amide bonds. The number of aromatic nitrogens is 2. The number of likely N-dealkylation sites (N-methyl/N-ethyl adjacent to an activating group) is 1. The van der Waals surface area contributed by atoms with Crippen LogP contribution in [0.15, 0.2) is 54.9 Å². The summed E-state index contributed by atoms with van der Waals surface area (Å²) in [5.74, 6) is -0.191. The number of anilines is 1. The minimum atomic E-state index is -0.120. The van der Waals surface area contributed by atoms with E-state index in [4.69, 9.17) is 0 Å². The molecular weight excluding hydrogens is 585 g/mol. The van der Waals surface area contributed by atoms with Crippen molar-refractivity contribution in [2.45, 2.75) is 39.9 Å². The van der Waals surface area contributed by atoms with Gasteiger partial charge in [0, 0.05) is 63.8 Å². The maximum atomic E-state index is 13.5. The van der Waals surface area contributed by atoms with E-state index in [1.54, 1.807) is 9.69 Å². The zero-order valence-corrected chi connectivity index (χ0v) is 26.7. The number of fused-ring (bicyclic) bond motifs is 1. The molecule has 4 rings (SSSR count). The molecule has 0 saturated carbocycles. The fraction of sp³-hybridized carbons (Fsp3) is 0.414. The highest BCUT2D eigenvalue weighted by molar-refractivity contribution is 5.87. The number of benzene rings is 2. The van der Waals surface area contributed by atoms with Gasteiger partial charge in [0.1, 0.15) is 0 Å². The molecule has 9 nitrogen and oxygen atoms in total. The molecule has 0 aliphatic carbocycles. The number of carbonyl (C=O) groups is 2. The molecule has 1 aromatic heterocycles. The van der Waals surface area contributed by atoms with Crippen LogP contribution in [0.2, 0.25) is 0 Å². The summed E-state index contributed by atoms with van der Waals surface area (Å²) in [7, 11) is 3.69. The second kappa shape index (κ2) is 16.6. The lowest BCUT2D eigenvalue weighted by molar-refractivity contribution is -0.145. The molecule has 226 valence electrons. The van der Waals surface area contributed by atoms with Gasteiger partial charge < -0.3 is 15.5 Å².